The smallest absolute Gasteiger partial charge is 0.224 e. The van der Waals surface area contributed by atoms with Crippen LogP contribution in [0.1, 0.15) is 26.2 Å². The summed E-state index contributed by atoms with van der Waals surface area (Å²) in [5.74, 6) is 2.66. The Morgan fingerprint density at radius 1 is 1.33 bits per heavy atom. The number of nitrogens with two attached hydrogens (primary N) is 1. The Morgan fingerprint density at radius 2 is 2.19 bits per heavy atom. The Morgan fingerprint density at radius 3 is 2.93 bits per heavy atom. The van der Waals surface area contributed by atoms with Crippen LogP contribution < -0.4 is 20.7 Å². The number of rotatable bonds is 5. The summed E-state index contributed by atoms with van der Waals surface area (Å²) in [5, 5.41) is 10.9. The van der Waals surface area contributed by atoms with E-state index in [1.165, 1.54) is 12.8 Å². The summed E-state index contributed by atoms with van der Waals surface area (Å²) in [6.07, 6.45) is 3.51. The van der Waals surface area contributed by atoms with E-state index in [-0.39, 0.29) is 0 Å². The van der Waals surface area contributed by atoms with Gasteiger partial charge in [0.25, 0.3) is 0 Å². The second-order valence-electron chi connectivity index (χ2n) is 6.79. The summed E-state index contributed by atoms with van der Waals surface area (Å²) in [7, 11) is 3.47. The SMILES string of the molecule is CCC1CCCN1c1cc(-c2cc(OC)c3c(N)n[nH]c3c2)nc(NC)n1. The van der Waals surface area contributed by atoms with Gasteiger partial charge in [0.1, 0.15) is 11.6 Å². The van der Waals surface area contributed by atoms with Crippen LogP contribution in [0, 0.1) is 0 Å². The topological polar surface area (TPSA) is 105 Å². The van der Waals surface area contributed by atoms with Gasteiger partial charge in [0.05, 0.1) is 23.7 Å². The minimum atomic E-state index is 0.426. The fourth-order valence-electron chi connectivity index (χ4n) is 3.86. The lowest BCUT2D eigenvalue weighted by Gasteiger charge is -2.25. The summed E-state index contributed by atoms with van der Waals surface area (Å²) >= 11 is 0. The molecule has 3 heterocycles. The maximum absolute atomic E-state index is 5.96. The second kappa shape index (κ2) is 6.94. The van der Waals surface area contributed by atoms with Gasteiger partial charge in [-0.3, -0.25) is 5.10 Å². The van der Waals surface area contributed by atoms with Crippen LogP contribution in [0.15, 0.2) is 18.2 Å². The van der Waals surface area contributed by atoms with Gasteiger partial charge in [-0.15, -0.1) is 0 Å². The van der Waals surface area contributed by atoms with Crippen LogP contribution in [0.3, 0.4) is 0 Å². The summed E-state index contributed by atoms with van der Waals surface area (Å²) in [6.45, 7) is 3.25. The number of H-pyrrole nitrogens is 1. The third kappa shape index (κ3) is 3.01. The Bertz CT molecular complexity index is 968. The van der Waals surface area contributed by atoms with Crippen LogP contribution in [0.5, 0.6) is 5.75 Å². The average molecular weight is 367 g/mol. The van der Waals surface area contributed by atoms with Gasteiger partial charge in [-0.2, -0.15) is 10.1 Å². The molecule has 8 nitrogen and oxygen atoms in total. The largest absolute Gasteiger partial charge is 0.496 e. The van der Waals surface area contributed by atoms with Gasteiger partial charge in [0, 0.05) is 31.3 Å². The quantitative estimate of drug-likeness (QED) is 0.636. The molecular weight excluding hydrogens is 342 g/mol. The number of methoxy groups -OCH3 is 1. The molecule has 1 saturated heterocycles. The fraction of sp³-hybridized carbons (Fsp3) is 0.421. The Hall–Kier alpha value is -3.03. The standard InChI is InChI=1S/C19H25N7O/c1-4-12-6-5-7-26(12)16-10-13(22-19(21-2)23-16)11-8-14-17(15(9-11)27-3)18(20)25-24-14/h8-10,12H,4-7H2,1-3H3,(H3,20,24,25)(H,21,22,23). The molecule has 4 N–H and O–H groups in total. The molecule has 1 fully saturated rings. The summed E-state index contributed by atoms with van der Waals surface area (Å²) in [6, 6.07) is 6.52. The molecule has 142 valence electrons. The van der Waals surface area contributed by atoms with E-state index in [0.29, 0.717) is 23.6 Å². The number of anilines is 3. The van der Waals surface area contributed by atoms with Crippen LogP contribution in [0.2, 0.25) is 0 Å². The van der Waals surface area contributed by atoms with Crippen molar-refractivity contribution < 1.29 is 4.74 Å². The predicted octanol–water partition coefficient (Wildman–Crippen LogP) is 3.03. The minimum absolute atomic E-state index is 0.426. The normalized spacial score (nSPS) is 16.9. The number of fused-ring (bicyclic) bond motifs is 1. The van der Waals surface area contributed by atoms with E-state index in [9.17, 15) is 0 Å². The molecule has 1 aromatic carbocycles. The summed E-state index contributed by atoms with van der Waals surface area (Å²) in [5.41, 5.74) is 8.54. The third-order valence-corrected chi connectivity index (χ3v) is 5.25. The first-order chi connectivity index (χ1) is 13.1. The molecule has 2 aromatic heterocycles. The van der Waals surface area contributed by atoms with Gasteiger partial charge in [-0.1, -0.05) is 6.92 Å². The van der Waals surface area contributed by atoms with Crippen molar-refractivity contribution in [2.45, 2.75) is 32.2 Å². The number of hydrogen-bond donors (Lipinski definition) is 3. The molecule has 0 amide bonds. The highest BCUT2D eigenvalue weighted by molar-refractivity contribution is 5.97. The van der Waals surface area contributed by atoms with E-state index in [0.717, 1.165) is 40.9 Å². The van der Waals surface area contributed by atoms with Crippen LogP contribution in [-0.2, 0) is 0 Å². The Balaban J connectivity index is 1.84. The van der Waals surface area contributed by atoms with Crippen molar-refractivity contribution in [1.82, 2.24) is 20.2 Å². The van der Waals surface area contributed by atoms with Gasteiger partial charge >= 0.3 is 0 Å². The Kier molecular flexibility index (Phi) is 4.47. The van der Waals surface area contributed by atoms with Crippen molar-refractivity contribution in [3.8, 4) is 17.0 Å². The zero-order valence-electron chi connectivity index (χ0n) is 15.9. The van der Waals surface area contributed by atoms with Crippen molar-refractivity contribution in [3.63, 3.8) is 0 Å². The van der Waals surface area contributed by atoms with Crippen molar-refractivity contribution in [3.05, 3.63) is 18.2 Å². The molecule has 1 atom stereocenters. The number of nitrogens with one attached hydrogen (secondary N) is 2. The maximum Gasteiger partial charge on any atom is 0.224 e. The first-order valence-electron chi connectivity index (χ1n) is 9.30. The number of nitrogens with zero attached hydrogens (tertiary/aromatic N) is 4. The third-order valence-electron chi connectivity index (χ3n) is 5.25. The molecule has 4 rings (SSSR count). The molecule has 0 saturated carbocycles. The van der Waals surface area contributed by atoms with E-state index in [2.05, 4.69) is 38.4 Å². The Labute approximate surface area is 158 Å². The molecule has 1 unspecified atom stereocenters. The predicted molar refractivity (Wildman–Crippen MR) is 108 cm³/mol. The molecule has 0 spiro atoms. The number of hydrogen-bond acceptors (Lipinski definition) is 7. The molecule has 0 bridgehead atoms. The lowest BCUT2D eigenvalue weighted by molar-refractivity contribution is 0.420. The first-order valence-corrected chi connectivity index (χ1v) is 9.30. The summed E-state index contributed by atoms with van der Waals surface area (Å²) < 4.78 is 5.54. The van der Waals surface area contributed by atoms with Gasteiger partial charge in [-0.25, -0.2) is 4.98 Å². The molecule has 0 radical (unpaired) electrons. The van der Waals surface area contributed by atoms with E-state index < -0.39 is 0 Å². The van der Waals surface area contributed by atoms with Crippen molar-refractivity contribution >= 4 is 28.5 Å². The zero-order chi connectivity index (χ0) is 19.0. The second-order valence-corrected chi connectivity index (χ2v) is 6.79. The van der Waals surface area contributed by atoms with E-state index in [1.807, 2.05) is 19.2 Å². The fourth-order valence-corrected chi connectivity index (χ4v) is 3.86. The lowest BCUT2D eigenvalue weighted by atomic mass is 10.1. The average Bonchev–Trinajstić information content (AvgIpc) is 3.33. The molecule has 27 heavy (non-hydrogen) atoms. The molecule has 8 heteroatoms. The highest BCUT2D eigenvalue weighted by atomic mass is 16.5. The van der Waals surface area contributed by atoms with Gasteiger partial charge in [0.15, 0.2) is 5.82 Å². The van der Waals surface area contributed by atoms with Crippen LogP contribution in [0.4, 0.5) is 17.6 Å². The monoisotopic (exact) mass is 367 g/mol. The van der Waals surface area contributed by atoms with E-state index in [1.54, 1.807) is 7.11 Å². The molecule has 1 aliphatic heterocycles. The van der Waals surface area contributed by atoms with Gasteiger partial charge < -0.3 is 20.7 Å². The first kappa shape index (κ1) is 17.4. The van der Waals surface area contributed by atoms with Crippen LogP contribution in [-0.4, -0.2) is 46.9 Å². The van der Waals surface area contributed by atoms with Crippen molar-refractivity contribution in [1.29, 1.82) is 0 Å². The molecule has 0 aliphatic carbocycles. The number of aromatic amines is 1. The zero-order valence-corrected chi connectivity index (χ0v) is 15.9. The number of ether oxygens (including phenoxy) is 1. The number of nitrogen functional groups attached to an aromatic ring is 1. The maximum atomic E-state index is 5.96. The number of aromatic nitrogens is 4. The molecule has 3 aromatic rings. The van der Waals surface area contributed by atoms with E-state index in [4.69, 9.17) is 15.5 Å². The van der Waals surface area contributed by atoms with Crippen molar-refractivity contribution in [2.24, 2.45) is 0 Å². The van der Waals surface area contributed by atoms with Crippen LogP contribution >= 0.6 is 0 Å². The van der Waals surface area contributed by atoms with Crippen molar-refractivity contribution in [2.75, 3.05) is 36.7 Å². The van der Waals surface area contributed by atoms with Gasteiger partial charge in [0.2, 0.25) is 5.95 Å². The van der Waals surface area contributed by atoms with Gasteiger partial charge in [-0.05, 0) is 31.4 Å². The molecular formula is C19H25N7O. The number of benzene rings is 1. The lowest BCUT2D eigenvalue weighted by Crippen LogP contribution is -2.29. The summed E-state index contributed by atoms with van der Waals surface area (Å²) in [4.78, 5) is 11.7. The van der Waals surface area contributed by atoms with E-state index >= 15 is 0 Å². The highest BCUT2D eigenvalue weighted by Crippen LogP contribution is 2.35. The minimum Gasteiger partial charge on any atom is -0.496 e. The molecule has 1 aliphatic rings. The highest BCUT2D eigenvalue weighted by Gasteiger charge is 2.25. The van der Waals surface area contributed by atoms with Crippen LogP contribution in [0.25, 0.3) is 22.2 Å².